The highest BCUT2D eigenvalue weighted by molar-refractivity contribution is 6.31. The van der Waals surface area contributed by atoms with Crippen molar-refractivity contribution in [2.45, 2.75) is 12.8 Å². The number of nitrogens with zero attached hydrogens (tertiary/aromatic N) is 1. The predicted molar refractivity (Wildman–Crippen MR) is 70.3 cm³/mol. The van der Waals surface area contributed by atoms with E-state index in [1.54, 1.807) is 12.1 Å². The Morgan fingerprint density at radius 1 is 1.47 bits per heavy atom. The van der Waals surface area contributed by atoms with E-state index in [4.69, 9.17) is 11.6 Å². The third-order valence-corrected chi connectivity index (χ3v) is 3.72. The quantitative estimate of drug-likeness (QED) is 0.872. The van der Waals surface area contributed by atoms with Gasteiger partial charge >= 0.3 is 0 Å². The van der Waals surface area contributed by atoms with E-state index in [1.807, 2.05) is 14.1 Å². The molecule has 1 N–H and O–H groups in total. The second-order valence-electron chi connectivity index (χ2n) is 4.98. The molecule has 94 valence electrons. The van der Waals surface area contributed by atoms with Crippen LogP contribution < -0.4 is 10.2 Å². The molecule has 0 radical (unpaired) electrons. The van der Waals surface area contributed by atoms with Crippen LogP contribution in [0, 0.1) is 11.2 Å². The molecule has 0 spiro atoms. The number of hydrogen-bond acceptors (Lipinski definition) is 2. The van der Waals surface area contributed by atoms with Crippen LogP contribution in [0.2, 0.25) is 5.02 Å². The first-order valence-corrected chi connectivity index (χ1v) is 6.25. The van der Waals surface area contributed by atoms with Gasteiger partial charge in [0.2, 0.25) is 0 Å². The van der Waals surface area contributed by atoms with E-state index in [9.17, 15) is 4.39 Å². The Hall–Kier alpha value is -0.800. The van der Waals surface area contributed by atoms with Gasteiger partial charge in [-0.3, -0.25) is 0 Å². The summed E-state index contributed by atoms with van der Waals surface area (Å²) in [6.45, 7) is 2.02. The third kappa shape index (κ3) is 2.90. The molecule has 1 fully saturated rings. The average molecular weight is 257 g/mol. The monoisotopic (exact) mass is 256 g/mol. The van der Waals surface area contributed by atoms with Crippen LogP contribution in [0.1, 0.15) is 12.8 Å². The van der Waals surface area contributed by atoms with Crippen molar-refractivity contribution in [1.29, 1.82) is 0 Å². The lowest BCUT2D eigenvalue weighted by Gasteiger charge is -2.25. The Morgan fingerprint density at radius 3 is 2.71 bits per heavy atom. The molecule has 0 heterocycles. The minimum absolute atomic E-state index is 0.188. The Kier molecular flexibility index (Phi) is 3.59. The highest BCUT2D eigenvalue weighted by atomic mass is 35.5. The van der Waals surface area contributed by atoms with Crippen LogP contribution in [0.3, 0.4) is 0 Å². The smallest absolute Gasteiger partial charge is 0.141 e. The van der Waals surface area contributed by atoms with Crippen molar-refractivity contribution in [3.63, 3.8) is 0 Å². The molecule has 0 aliphatic heterocycles. The van der Waals surface area contributed by atoms with Crippen LogP contribution in [-0.2, 0) is 0 Å². The van der Waals surface area contributed by atoms with Crippen LogP contribution in [-0.4, -0.2) is 27.2 Å². The standard InChI is InChI=1S/C13H18ClFN2/c1-16-8-13(5-6-13)9-17(2)10-3-4-12(15)11(14)7-10/h3-4,7,16H,5-6,8-9H2,1-2H3. The number of hydrogen-bond donors (Lipinski definition) is 1. The van der Waals surface area contributed by atoms with Gasteiger partial charge in [0, 0.05) is 31.2 Å². The van der Waals surface area contributed by atoms with E-state index in [0.29, 0.717) is 5.41 Å². The summed E-state index contributed by atoms with van der Waals surface area (Å²) in [5.74, 6) is -0.361. The second kappa shape index (κ2) is 4.83. The first kappa shape index (κ1) is 12.7. The maximum atomic E-state index is 13.1. The van der Waals surface area contributed by atoms with Gasteiger partial charge in [0.1, 0.15) is 5.82 Å². The lowest BCUT2D eigenvalue weighted by Crippen LogP contribution is -2.32. The van der Waals surface area contributed by atoms with Gasteiger partial charge in [-0.25, -0.2) is 4.39 Å². The van der Waals surface area contributed by atoms with E-state index < -0.39 is 0 Å². The minimum atomic E-state index is -0.361. The van der Waals surface area contributed by atoms with Crippen molar-refractivity contribution >= 4 is 17.3 Å². The van der Waals surface area contributed by atoms with Gasteiger partial charge in [0.05, 0.1) is 5.02 Å². The van der Waals surface area contributed by atoms with Crippen molar-refractivity contribution in [2.75, 3.05) is 32.1 Å². The minimum Gasteiger partial charge on any atom is -0.374 e. The summed E-state index contributed by atoms with van der Waals surface area (Å²) in [7, 11) is 4.01. The zero-order valence-electron chi connectivity index (χ0n) is 10.3. The molecule has 4 heteroatoms. The zero-order chi connectivity index (χ0) is 12.5. The van der Waals surface area contributed by atoms with E-state index in [1.165, 1.54) is 18.9 Å². The molecule has 2 nitrogen and oxygen atoms in total. The van der Waals surface area contributed by atoms with Gasteiger partial charge in [0.15, 0.2) is 0 Å². The highest BCUT2D eigenvalue weighted by Crippen LogP contribution is 2.46. The number of benzene rings is 1. The van der Waals surface area contributed by atoms with Crippen molar-refractivity contribution in [3.05, 3.63) is 29.0 Å². The van der Waals surface area contributed by atoms with E-state index >= 15 is 0 Å². The largest absolute Gasteiger partial charge is 0.374 e. The van der Waals surface area contributed by atoms with Gasteiger partial charge in [0.25, 0.3) is 0 Å². The Labute approximate surface area is 107 Å². The van der Waals surface area contributed by atoms with Crippen molar-refractivity contribution in [2.24, 2.45) is 5.41 Å². The molecule has 1 aliphatic carbocycles. The first-order valence-electron chi connectivity index (χ1n) is 5.87. The van der Waals surface area contributed by atoms with Crippen LogP contribution in [0.4, 0.5) is 10.1 Å². The Bertz CT molecular complexity index is 404. The van der Waals surface area contributed by atoms with Crippen LogP contribution in [0.15, 0.2) is 18.2 Å². The number of nitrogens with one attached hydrogen (secondary N) is 1. The molecular weight excluding hydrogens is 239 g/mol. The SMILES string of the molecule is CNCC1(CN(C)c2ccc(F)c(Cl)c2)CC1. The van der Waals surface area contributed by atoms with Gasteiger partial charge in [-0.2, -0.15) is 0 Å². The molecule has 0 bridgehead atoms. The predicted octanol–water partition coefficient (Wildman–Crippen LogP) is 2.91. The van der Waals surface area contributed by atoms with Gasteiger partial charge in [-0.15, -0.1) is 0 Å². The van der Waals surface area contributed by atoms with Crippen molar-refractivity contribution < 1.29 is 4.39 Å². The molecule has 0 atom stereocenters. The lowest BCUT2D eigenvalue weighted by molar-refractivity contribution is 0.482. The molecule has 0 unspecified atom stereocenters. The van der Waals surface area contributed by atoms with Gasteiger partial charge in [-0.1, -0.05) is 11.6 Å². The summed E-state index contributed by atoms with van der Waals surface area (Å²) in [6.07, 6.45) is 2.51. The molecule has 17 heavy (non-hydrogen) atoms. The van der Waals surface area contributed by atoms with E-state index in [0.717, 1.165) is 18.8 Å². The molecule has 1 aromatic rings. The fraction of sp³-hybridized carbons (Fsp3) is 0.538. The Morgan fingerprint density at radius 2 is 2.18 bits per heavy atom. The molecule has 0 amide bonds. The molecular formula is C13H18ClFN2. The summed E-state index contributed by atoms with van der Waals surface area (Å²) in [5, 5.41) is 3.42. The zero-order valence-corrected chi connectivity index (χ0v) is 11.0. The maximum Gasteiger partial charge on any atom is 0.141 e. The maximum absolute atomic E-state index is 13.1. The topological polar surface area (TPSA) is 15.3 Å². The summed E-state index contributed by atoms with van der Waals surface area (Å²) >= 11 is 5.79. The van der Waals surface area contributed by atoms with Gasteiger partial charge < -0.3 is 10.2 Å². The Balaban J connectivity index is 2.04. The van der Waals surface area contributed by atoms with Gasteiger partial charge in [-0.05, 0) is 38.1 Å². The summed E-state index contributed by atoms with van der Waals surface area (Å²) in [6, 6.07) is 4.88. The van der Waals surface area contributed by atoms with Crippen LogP contribution >= 0.6 is 11.6 Å². The van der Waals surface area contributed by atoms with Crippen molar-refractivity contribution in [1.82, 2.24) is 5.32 Å². The summed E-state index contributed by atoms with van der Waals surface area (Å²) in [4.78, 5) is 2.15. The highest BCUT2D eigenvalue weighted by Gasteiger charge is 2.42. The van der Waals surface area contributed by atoms with Crippen molar-refractivity contribution in [3.8, 4) is 0 Å². The molecule has 0 aromatic heterocycles. The molecule has 1 saturated carbocycles. The fourth-order valence-electron chi connectivity index (χ4n) is 2.26. The summed E-state index contributed by atoms with van der Waals surface area (Å²) < 4.78 is 13.1. The van der Waals surface area contributed by atoms with Crippen LogP contribution in [0.25, 0.3) is 0 Å². The van der Waals surface area contributed by atoms with Crippen LogP contribution in [0.5, 0.6) is 0 Å². The third-order valence-electron chi connectivity index (χ3n) is 3.43. The van der Waals surface area contributed by atoms with E-state index in [2.05, 4.69) is 10.2 Å². The fourth-order valence-corrected chi connectivity index (χ4v) is 2.43. The summed E-state index contributed by atoms with van der Waals surface area (Å²) in [5.41, 5.74) is 1.36. The lowest BCUT2D eigenvalue weighted by atomic mass is 10.1. The molecule has 0 saturated heterocycles. The average Bonchev–Trinajstić information content (AvgIpc) is 3.02. The second-order valence-corrected chi connectivity index (χ2v) is 5.39. The molecule has 1 aromatic carbocycles. The number of halogens is 2. The first-order chi connectivity index (χ1) is 8.06. The van der Waals surface area contributed by atoms with E-state index in [-0.39, 0.29) is 10.8 Å². The molecule has 2 rings (SSSR count). The molecule has 1 aliphatic rings. The number of rotatable bonds is 5. The number of anilines is 1. The normalized spacial score (nSPS) is 16.9.